The highest BCUT2D eigenvalue weighted by atomic mass is 32.1. The fourth-order valence-electron chi connectivity index (χ4n) is 2.86. The molecule has 1 saturated heterocycles. The van der Waals surface area contributed by atoms with Crippen molar-refractivity contribution < 1.29 is 4.79 Å². The molecule has 1 atom stereocenters. The van der Waals surface area contributed by atoms with Crippen LogP contribution in [0.15, 0.2) is 17.5 Å². The van der Waals surface area contributed by atoms with Crippen LogP contribution in [0.2, 0.25) is 0 Å². The Balaban J connectivity index is 2.10. The maximum atomic E-state index is 12.9. The smallest absolute Gasteiger partial charge is 0.230 e. The molecule has 2 rings (SSSR count). The lowest BCUT2D eigenvalue weighted by molar-refractivity contribution is -0.144. The van der Waals surface area contributed by atoms with E-state index in [4.69, 9.17) is 0 Å². The molecule has 1 aromatic heterocycles. The van der Waals surface area contributed by atoms with Crippen LogP contribution in [0, 0.1) is 5.41 Å². The molecule has 0 aromatic carbocycles. The van der Waals surface area contributed by atoms with Crippen molar-refractivity contribution in [3.05, 3.63) is 22.4 Å². The van der Waals surface area contributed by atoms with Gasteiger partial charge in [0.05, 0.1) is 12.0 Å². The van der Waals surface area contributed by atoms with Crippen LogP contribution in [0.4, 0.5) is 0 Å². The molecule has 0 radical (unpaired) electrons. The fraction of sp³-hybridized carbons (Fsp3) is 0.667. The van der Waals surface area contributed by atoms with Gasteiger partial charge in [0.2, 0.25) is 5.91 Å². The van der Waals surface area contributed by atoms with Crippen molar-refractivity contribution in [3.8, 4) is 0 Å². The molecule has 1 amide bonds. The zero-order valence-electron chi connectivity index (χ0n) is 11.9. The second kappa shape index (κ2) is 6.53. The summed E-state index contributed by atoms with van der Waals surface area (Å²) in [5, 5.41) is 5.48. The highest BCUT2D eigenvalue weighted by molar-refractivity contribution is 7.09. The van der Waals surface area contributed by atoms with Gasteiger partial charge in [-0.1, -0.05) is 13.0 Å². The summed E-state index contributed by atoms with van der Waals surface area (Å²) in [7, 11) is 0. The molecule has 1 aliphatic rings. The number of nitrogens with one attached hydrogen (secondary N) is 1. The van der Waals surface area contributed by atoms with E-state index in [1.54, 1.807) is 11.3 Å². The molecule has 1 fully saturated rings. The number of carbonyl (C=O) groups is 1. The second-order valence-corrected chi connectivity index (χ2v) is 6.35. The van der Waals surface area contributed by atoms with Gasteiger partial charge in [-0.15, -0.1) is 11.3 Å². The van der Waals surface area contributed by atoms with Crippen molar-refractivity contribution >= 4 is 17.2 Å². The number of amides is 1. The van der Waals surface area contributed by atoms with Crippen molar-refractivity contribution in [2.45, 2.75) is 39.7 Å². The van der Waals surface area contributed by atoms with E-state index in [1.165, 1.54) is 4.88 Å². The molecule has 1 unspecified atom stereocenters. The fourth-order valence-corrected chi connectivity index (χ4v) is 3.58. The van der Waals surface area contributed by atoms with Crippen LogP contribution in [0.3, 0.4) is 0 Å². The Morgan fingerprint density at radius 3 is 2.89 bits per heavy atom. The summed E-state index contributed by atoms with van der Waals surface area (Å²) < 4.78 is 0. The van der Waals surface area contributed by atoms with Crippen LogP contribution >= 0.6 is 11.3 Å². The molecule has 4 heteroatoms. The molecule has 1 aliphatic heterocycles. The van der Waals surface area contributed by atoms with E-state index in [1.807, 2.05) is 4.90 Å². The Bertz CT molecular complexity index is 396. The van der Waals surface area contributed by atoms with Gasteiger partial charge in [-0.25, -0.2) is 0 Å². The Hall–Kier alpha value is -0.870. The highest BCUT2D eigenvalue weighted by Crippen LogP contribution is 2.33. The summed E-state index contributed by atoms with van der Waals surface area (Å²) in [4.78, 5) is 16.2. The van der Waals surface area contributed by atoms with Gasteiger partial charge in [-0.05, 0) is 44.2 Å². The van der Waals surface area contributed by atoms with Gasteiger partial charge < -0.3 is 10.2 Å². The molecule has 19 heavy (non-hydrogen) atoms. The minimum atomic E-state index is -0.175. The second-order valence-electron chi connectivity index (χ2n) is 5.31. The summed E-state index contributed by atoms with van der Waals surface area (Å²) in [6.07, 6.45) is 3.06. The minimum absolute atomic E-state index is 0.175. The van der Waals surface area contributed by atoms with Gasteiger partial charge in [-0.2, -0.15) is 0 Å². The third kappa shape index (κ3) is 3.18. The number of hydrogen-bond acceptors (Lipinski definition) is 3. The molecule has 106 valence electrons. The number of hydrogen-bond donors (Lipinski definition) is 1. The predicted molar refractivity (Wildman–Crippen MR) is 80.2 cm³/mol. The van der Waals surface area contributed by atoms with E-state index in [2.05, 4.69) is 36.7 Å². The van der Waals surface area contributed by atoms with Crippen molar-refractivity contribution in [2.75, 3.05) is 19.6 Å². The molecule has 0 spiro atoms. The monoisotopic (exact) mass is 280 g/mol. The van der Waals surface area contributed by atoms with E-state index < -0.39 is 0 Å². The molecule has 0 bridgehead atoms. The van der Waals surface area contributed by atoms with Gasteiger partial charge in [0.25, 0.3) is 0 Å². The van der Waals surface area contributed by atoms with Crippen LogP contribution in [0.25, 0.3) is 0 Å². The third-order valence-corrected chi connectivity index (χ3v) is 5.06. The number of thiophene rings is 1. The highest BCUT2D eigenvalue weighted by Gasteiger charge is 2.40. The first-order valence-electron chi connectivity index (χ1n) is 7.24. The number of piperidine rings is 1. The van der Waals surface area contributed by atoms with Crippen molar-refractivity contribution in [1.82, 2.24) is 10.2 Å². The lowest BCUT2D eigenvalue weighted by atomic mass is 9.77. The van der Waals surface area contributed by atoms with Gasteiger partial charge in [-0.3, -0.25) is 4.79 Å². The quantitative estimate of drug-likeness (QED) is 0.899. The number of nitrogens with zero attached hydrogens (tertiary/aromatic N) is 1. The molecule has 0 saturated carbocycles. The van der Waals surface area contributed by atoms with Gasteiger partial charge in [0.1, 0.15) is 0 Å². The van der Waals surface area contributed by atoms with Gasteiger partial charge in [0, 0.05) is 18.0 Å². The van der Waals surface area contributed by atoms with Crippen molar-refractivity contribution in [2.24, 2.45) is 5.41 Å². The zero-order valence-corrected chi connectivity index (χ0v) is 12.8. The maximum Gasteiger partial charge on any atom is 0.230 e. The number of rotatable bonds is 5. The Morgan fingerprint density at radius 1 is 1.53 bits per heavy atom. The molecular formula is C15H24N2OS. The zero-order chi connectivity index (χ0) is 13.7. The van der Waals surface area contributed by atoms with Crippen LogP contribution in [-0.2, 0) is 11.3 Å². The number of carbonyl (C=O) groups excluding carboxylic acids is 1. The first-order chi connectivity index (χ1) is 9.22. The Labute approximate surface area is 120 Å². The van der Waals surface area contributed by atoms with Crippen molar-refractivity contribution in [1.29, 1.82) is 0 Å². The summed E-state index contributed by atoms with van der Waals surface area (Å²) in [5.41, 5.74) is -0.175. The predicted octanol–water partition coefficient (Wildman–Crippen LogP) is 2.88. The average Bonchev–Trinajstić information content (AvgIpc) is 2.97. The molecule has 1 N–H and O–H groups in total. The minimum Gasteiger partial charge on any atom is -0.337 e. The van der Waals surface area contributed by atoms with Crippen molar-refractivity contribution in [3.63, 3.8) is 0 Å². The van der Waals surface area contributed by atoms with E-state index in [9.17, 15) is 4.79 Å². The molecule has 2 heterocycles. The lowest BCUT2D eigenvalue weighted by Crippen LogP contribution is -2.51. The third-order valence-electron chi connectivity index (χ3n) is 4.20. The van der Waals surface area contributed by atoms with Crippen LogP contribution in [0.5, 0.6) is 0 Å². The van der Waals surface area contributed by atoms with E-state index >= 15 is 0 Å². The van der Waals surface area contributed by atoms with Crippen LogP contribution in [0.1, 0.15) is 38.0 Å². The Morgan fingerprint density at radius 2 is 2.37 bits per heavy atom. The normalized spacial score (nSPS) is 23.3. The van der Waals surface area contributed by atoms with Gasteiger partial charge in [0.15, 0.2) is 0 Å². The first kappa shape index (κ1) is 14.5. The van der Waals surface area contributed by atoms with Gasteiger partial charge >= 0.3 is 0 Å². The largest absolute Gasteiger partial charge is 0.337 e. The average molecular weight is 280 g/mol. The summed E-state index contributed by atoms with van der Waals surface area (Å²) >= 11 is 1.73. The first-order valence-corrected chi connectivity index (χ1v) is 8.12. The maximum absolute atomic E-state index is 12.9. The SMILES string of the molecule is CCN(Cc1cccs1)C(=O)C1(CC)CCCNC1. The molecule has 1 aromatic rings. The molecule has 3 nitrogen and oxygen atoms in total. The molecular weight excluding hydrogens is 256 g/mol. The lowest BCUT2D eigenvalue weighted by Gasteiger charge is -2.39. The topological polar surface area (TPSA) is 32.3 Å². The summed E-state index contributed by atoms with van der Waals surface area (Å²) in [5.74, 6) is 0.332. The van der Waals surface area contributed by atoms with E-state index in [-0.39, 0.29) is 5.41 Å². The van der Waals surface area contributed by atoms with E-state index in [0.717, 1.165) is 45.4 Å². The molecule has 0 aliphatic carbocycles. The Kier molecular flexibility index (Phi) is 4.99. The van der Waals surface area contributed by atoms with Crippen LogP contribution < -0.4 is 5.32 Å². The summed E-state index contributed by atoms with van der Waals surface area (Å²) in [6.45, 7) is 7.65. The standard InChI is InChI=1S/C15H24N2OS/c1-3-15(8-6-9-16-12-15)14(18)17(4-2)11-13-7-5-10-19-13/h5,7,10,16H,3-4,6,8-9,11-12H2,1-2H3. The van der Waals surface area contributed by atoms with E-state index in [0.29, 0.717) is 5.91 Å². The summed E-state index contributed by atoms with van der Waals surface area (Å²) in [6, 6.07) is 4.16. The van der Waals surface area contributed by atoms with Crippen LogP contribution in [-0.4, -0.2) is 30.4 Å².